The number of carbonyl (C=O) groups is 1. The van der Waals surface area contributed by atoms with Gasteiger partial charge in [-0.25, -0.2) is 8.42 Å². The van der Waals surface area contributed by atoms with Crippen molar-refractivity contribution < 1.29 is 31.1 Å². The number of rotatable bonds is 4. The first kappa shape index (κ1) is 22.1. The molecule has 5 nitrogen and oxygen atoms in total. The van der Waals surface area contributed by atoms with Gasteiger partial charge in [0.2, 0.25) is 0 Å². The van der Waals surface area contributed by atoms with Crippen LogP contribution < -0.4 is 4.74 Å². The summed E-state index contributed by atoms with van der Waals surface area (Å²) in [5.41, 5.74) is -0.131. The van der Waals surface area contributed by atoms with Gasteiger partial charge in [0, 0.05) is 19.3 Å². The summed E-state index contributed by atoms with van der Waals surface area (Å²) in [5.74, 6) is -0.379. The van der Waals surface area contributed by atoms with Gasteiger partial charge in [-0.3, -0.25) is 4.79 Å². The zero-order chi connectivity index (χ0) is 22.3. The number of benzene rings is 2. The van der Waals surface area contributed by atoms with Gasteiger partial charge in [-0.15, -0.1) is 0 Å². The van der Waals surface area contributed by atoms with Crippen molar-refractivity contribution in [1.82, 2.24) is 4.90 Å². The van der Waals surface area contributed by atoms with E-state index >= 15 is 0 Å². The Morgan fingerprint density at radius 3 is 2.47 bits per heavy atom. The fraction of sp³-hybridized carbons (Fsp3) is 0.381. The SMILES string of the molecule is CC(C)Oc1ccc(S(C)(=O)=O)cc1C(=O)N1CCc2cccc(C(F)(F)F)c2C1. The summed E-state index contributed by atoms with van der Waals surface area (Å²) in [6, 6.07) is 7.97. The third-order valence-corrected chi connectivity index (χ3v) is 5.95. The Balaban J connectivity index is 2.02. The molecule has 0 unspecified atom stereocenters. The van der Waals surface area contributed by atoms with E-state index in [1.165, 1.54) is 29.2 Å². The summed E-state index contributed by atoms with van der Waals surface area (Å²) in [4.78, 5) is 14.5. The molecule has 0 atom stereocenters. The third kappa shape index (κ3) is 4.61. The number of amides is 1. The lowest BCUT2D eigenvalue weighted by molar-refractivity contribution is -0.138. The van der Waals surface area contributed by atoms with Gasteiger partial charge < -0.3 is 9.64 Å². The highest BCUT2D eigenvalue weighted by Gasteiger charge is 2.36. The maximum Gasteiger partial charge on any atom is 0.416 e. The lowest BCUT2D eigenvalue weighted by Gasteiger charge is -2.31. The van der Waals surface area contributed by atoms with Crippen LogP contribution in [0.1, 0.15) is 40.9 Å². The van der Waals surface area contributed by atoms with Gasteiger partial charge in [-0.1, -0.05) is 12.1 Å². The molecule has 0 N–H and O–H groups in total. The van der Waals surface area contributed by atoms with Crippen LogP contribution in [0, 0.1) is 0 Å². The number of hydrogen-bond donors (Lipinski definition) is 0. The lowest BCUT2D eigenvalue weighted by Crippen LogP contribution is -2.37. The van der Waals surface area contributed by atoms with Gasteiger partial charge in [0.05, 0.1) is 22.1 Å². The van der Waals surface area contributed by atoms with Crippen molar-refractivity contribution in [1.29, 1.82) is 0 Å². The molecule has 2 aromatic rings. The van der Waals surface area contributed by atoms with E-state index in [4.69, 9.17) is 4.74 Å². The first-order valence-electron chi connectivity index (χ1n) is 9.36. The average molecular weight is 441 g/mol. The number of sulfone groups is 1. The molecule has 2 aromatic carbocycles. The number of ether oxygens (including phenoxy) is 1. The van der Waals surface area contributed by atoms with Crippen LogP contribution in [0.2, 0.25) is 0 Å². The van der Waals surface area contributed by atoms with E-state index in [2.05, 4.69) is 0 Å². The first-order valence-corrected chi connectivity index (χ1v) is 11.2. The predicted molar refractivity (Wildman–Crippen MR) is 105 cm³/mol. The number of hydrogen-bond acceptors (Lipinski definition) is 4. The zero-order valence-electron chi connectivity index (χ0n) is 16.8. The molecule has 30 heavy (non-hydrogen) atoms. The molecule has 0 fully saturated rings. The molecule has 0 bridgehead atoms. The Kier molecular flexibility index (Phi) is 5.86. The summed E-state index contributed by atoms with van der Waals surface area (Å²) in [7, 11) is -3.58. The predicted octanol–water partition coefficient (Wildman–Crippen LogP) is 4.09. The van der Waals surface area contributed by atoms with Crippen LogP contribution in [-0.4, -0.2) is 38.1 Å². The van der Waals surface area contributed by atoms with Gasteiger partial charge in [-0.2, -0.15) is 13.2 Å². The lowest BCUT2D eigenvalue weighted by atomic mass is 9.94. The third-order valence-electron chi connectivity index (χ3n) is 4.84. The van der Waals surface area contributed by atoms with Gasteiger partial charge in [0.1, 0.15) is 5.75 Å². The minimum atomic E-state index is -4.53. The molecule has 1 aliphatic heterocycles. The van der Waals surface area contributed by atoms with E-state index in [1.54, 1.807) is 19.9 Å². The van der Waals surface area contributed by atoms with E-state index in [1.807, 2.05) is 0 Å². The van der Waals surface area contributed by atoms with Crippen molar-refractivity contribution in [3.63, 3.8) is 0 Å². The van der Waals surface area contributed by atoms with E-state index in [-0.39, 0.29) is 47.4 Å². The van der Waals surface area contributed by atoms with E-state index < -0.39 is 27.5 Å². The molecule has 3 rings (SSSR count). The molecule has 1 amide bonds. The van der Waals surface area contributed by atoms with Crippen molar-refractivity contribution in [2.24, 2.45) is 0 Å². The monoisotopic (exact) mass is 441 g/mol. The topological polar surface area (TPSA) is 63.7 Å². The molecule has 1 heterocycles. The molecule has 0 aliphatic carbocycles. The smallest absolute Gasteiger partial charge is 0.416 e. The highest BCUT2D eigenvalue weighted by atomic mass is 32.2. The van der Waals surface area contributed by atoms with Crippen molar-refractivity contribution >= 4 is 15.7 Å². The molecule has 0 aromatic heterocycles. The second-order valence-electron chi connectivity index (χ2n) is 7.51. The highest BCUT2D eigenvalue weighted by Crippen LogP contribution is 2.36. The highest BCUT2D eigenvalue weighted by molar-refractivity contribution is 7.90. The van der Waals surface area contributed by atoms with Gasteiger partial charge in [0.15, 0.2) is 9.84 Å². The summed E-state index contributed by atoms with van der Waals surface area (Å²) < 4.78 is 69.8. The van der Waals surface area contributed by atoms with Crippen molar-refractivity contribution in [3.8, 4) is 5.75 Å². The van der Waals surface area contributed by atoms with Crippen LogP contribution in [0.25, 0.3) is 0 Å². The van der Waals surface area contributed by atoms with E-state index in [9.17, 15) is 26.4 Å². The van der Waals surface area contributed by atoms with Gasteiger partial charge in [0.25, 0.3) is 5.91 Å². The van der Waals surface area contributed by atoms with Crippen LogP contribution in [0.15, 0.2) is 41.3 Å². The Bertz CT molecular complexity index is 1080. The van der Waals surface area contributed by atoms with E-state index in [0.29, 0.717) is 5.56 Å². The number of alkyl halides is 3. The minimum Gasteiger partial charge on any atom is -0.490 e. The Hall–Kier alpha value is -2.55. The summed E-state index contributed by atoms with van der Waals surface area (Å²) in [6.45, 7) is 3.52. The first-order chi connectivity index (χ1) is 13.9. The normalized spacial score (nSPS) is 14.6. The standard InChI is InChI=1S/C21H22F3NO4S/c1-13(2)29-19-8-7-15(30(3,27)28)11-16(19)20(26)25-10-9-14-5-4-6-18(17(14)12-25)21(22,23)24/h4-8,11,13H,9-10,12H2,1-3H3. The summed E-state index contributed by atoms with van der Waals surface area (Å²) >= 11 is 0. The maximum absolute atomic E-state index is 13.4. The number of carbonyl (C=O) groups excluding carboxylic acids is 1. The second-order valence-corrected chi connectivity index (χ2v) is 9.53. The fourth-order valence-corrected chi connectivity index (χ4v) is 4.10. The largest absolute Gasteiger partial charge is 0.490 e. The van der Waals surface area contributed by atoms with Crippen LogP contribution >= 0.6 is 0 Å². The minimum absolute atomic E-state index is 0.0135. The Morgan fingerprint density at radius 1 is 1.17 bits per heavy atom. The zero-order valence-corrected chi connectivity index (χ0v) is 17.6. The van der Waals surface area contributed by atoms with Crippen molar-refractivity contribution in [3.05, 3.63) is 58.7 Å². The molecular formula is C21H22F3NO4S. The second kappa shape index (κ2) is 7.94. The summed E-state index contributed by atoms with van der Waals surface area (Å²) in [6.07, 6.45) is -3.51. The van der Waals surface area contributed by atoms with Crippen molar-refractivity contribution in [2.45, 2.75) is 44.0 Å². The van der Waals surface area contributed by atoms with Gasteiger partial charge >= 0.3 is 6.18 Å². The molecule has 162 valence electrons. The van der Waals surface area contributed by atoms with Crippen LogP contribution in [-0.2, 0) is 29.0 Å². The molecule has 9 heteroatoms. The number of fused-ring (bicyclic) bond motifs is 1. The average Bonchev–Trinajstić information content (AvgIpc) is 2.64. The summed E-state index contributed by atoms with van der Waals surface area (Å²) in [5, 5.41) is 0. The molecule has 0 saturated heterocycles. The molecule has 0 spiro atoms. The fourth-order valence-electron chi connectivity index (χ4n) is 3.45. The van der Waals surface area contributed by atoms with Crippen LogP contribution in [0.4, 0.5) is 13.2 Å². The number of nitrogens with zero attached hydrogens (tertiary/aromatic N) is 1. The van der Waals surface area contributed by atoms with Crippen LogP contribution in [0.5, 0.6) is 5.75 Å². The van der Waals surface area contributed by atoms with Crippen LogP contribution in [0.3, 0.4) is 0 Å². The Morgan fingerprint density at radius 2 is 1.87 bits per heavy atom. The molecule has 1 aliphatic rings. The molecule has 0 radical (unpaired) electrons. The number of halogens is 3. The molecular weight excluding hydrogens is 419 g/mol. The van der Waals surface area contributed by atoms with Gasteiger partial charge in [-0.05, 0) is 55.7 Å². The Labute approximate surface area is 173 Å². The van der Waals surface area contributed by atoms with Crippen molar-refractivity contribution in [2.75, 3.05) is 12.8 Å². The quantitative estimate of drug-likeness (QED) is 0.717. The van der Waals surface area contributed by atoms with E-state index in [0.717, 1.165) is 12.3 Å². The maximum atomic E-state index is 13.4. The molecule has 0 saturated carbocycles.